The lowest BCUT2D eigenvalue weighted by molar-refractivity contribution is -0.0498. The number of carbonyl (C=O) groups is 1. The number of piperidine rings is 1. The molecule has 3 aromatic rings. The van der Waals surface area contributed by atoms with Crippen molar-refractivity contribution in [3.05, 3.63) is 48.7 Å². The van der Waals surface area contributed by atoms with Gasteiger partial charge in [0.15, 0.2) is 0 Å². The van der Waals surface area contributed by atoms with Gasteiger partial charge >= 0.3 is 12.7 Å². The van der Waals surface area contributed by atoms with Crippen molar-refractivity contribution in [1.82, 2.24) is 15.3 Å². The summed E-state index contributed by atoms with van der Waals surface area (Å²) in [7, 11) is 1.60. The highest BCUT2D eigenvalue weighted by atomic mass is 19.3. The molecule has 0 aliphatic carbocycles. The zero-order valence-electron chi connectivity index (χ0n) is 19.8. The predicted molar refractivity (Wildman–Crippen MR) is 130 cm³/mol. The first-order valence-corrected chi connectivity index (χ1v) is 11.8. The van der Waals surface area contributed by atoms with Gasteiger partial charge in [0.05, 0.1) is 24.9 Å². The van der Waals surface area contributed by atoms with E-state index >= 15 is 0 Å². The van der Waals surface area contributed by atoms with Gasteiger partial charge in [-0.25, -0.2) is 9.78 Å². The number of anilines is 2. The molecule has 0 radical (unpaired) electrons. The van der Waals surface area contributed by atoms with E-state index in [2.05, 4.69) is 24.9 Å². The highest BCUT2D eigenvalue weighted by Crippen LogP contribution is 2.29. The van der Waals surface area contributed by atoms with E-state index in [1.807, 2.05) is 18.2 Å². The Hall–Kier alpha value is -3.73. The minimum Gasteiger partial charge on any atom is -0.481 e. The Morgan fingerprint density at radius 1 is 1.14 bits per heavy atom. The van der Waals surface area contributed by atoms with E-state index in [1.54, 1.807) is 25.4 Å². The topological polar surface area (TPSA) is 89.1 Å². The number of ether oxygens (including phenoxy) is 3. The van der Waals surface area contributed by atoms with Gasteiger partial charge < -0.3 is 24.4 Å². The lowest BCUT2D eigenvalue weighted by Gasteiger charge is -2.34. The Labute approximate surface area is 207 Å². The number of fused-ring (bicyclic) bond motifs is 1. The number of rotatable bonds is 8. The number of nitrogens with zero attached hydrogens (tertiary/aromatic N) is 4. The average molecular weight is 500 g/mol. The molecular formula is C25H27F2N5O4. The van der Waals surface area contributed by atoms with Gasteiger partial charge in [-0.1, -0.05) is 0 Å². The Bertz CT molecular complexity index is 1200. The first kappa shape index (κ1) is 24.0. The molecule has 2 aliphatic rings. The van der Waals surface area contributed by atoms with Crippen molar-refractivity contribution in [2.24, 2.45) is 0 Å². The Kier molecular flexibility index (Phi) is 6.99. The fourth-order valence-corrected chi connectivity index (χ4v) is 4.63. The summed E-state index contributed by atoms with van der Waals surface area (Å²) in [4.78, 5) is 25.2. The van der Waals surface area contributed by atoms with Crippen molar-refractivity contribution in [2.75, 3.05) is 43.1 Å². The number of halogens is 2. The zero-order valence-corrected chi connectivity index (χ0v) is 19.8. The first-order valence-electron chi connectivity index (χ1n) is 11.8. The Balaban J connectivity index is 1.13. The molecule has 2 aromatic heterocycles. The summed E-state index contributed by atoms with van der Waals surface area (Å²) in [5, 5.41) is 3.53. The zero-order chi connectivity index (χ0) is 25.1. The molecule has 0 bridgehead atoms. The quantitative estimate of drug-likeness (QED) is 0.501. The molecule has 1 N–H and O–H groups in total. The van der Waals surface area contributed by atoms with Crippen LogP contribution in [0.5, 0.6) is 11.6 Å². The van der Waals surface area contributed by atoms with Gasteiger partial charge in [-0.2, -0.15) is 8.78 Å². The molecule has 190 valence electrons. The second-order valence-electron chi connectivity index (χ2n) is 8.71. The minimum absolute atomic E-state index is 0.0422. The number of carbonyl (C=O) groups excluding carboxylic acids is 1. The van der Waals surface area contributed by atoms with Crippen LogP contribution in [0.4, 0.5) is 25.0 Å². The van der Waals surface area contributed by atoms with Crippen LogP contribution in [-0.2, 0) is 4.74 Å². The van der Waals surface area contributed by atoms with Crippen LogP contribution >= 0.6 is 0 Å². The average Bonchev–Trinajstić information content (AvgIpc) is 3.27. The molecule has 11 heteroatoms. The van der Waals surface area contributed by atoms with Crippen molar-refractivity contribution < 1.29 is 27.8 Å². The second-order valence-corrected chi connectivity index (χ2v) is 8.71. The van der Waals surface area contributed by atoms with Crippen LogP contribution in [0.2, 0.25) is 0 Å². The second kappa shape index (κ2) is 10.5. The lowest BCUT2D eigenvalue weighted by atomic mass is 10.0. The van der Waals surface area contributed by atoms with Crippen molar-refractivity contribution in [2.45, 2.75) is 31.6 Å². The maximum Gasteiger partial charge on any atom is 0.414 e. The van der Waals surface area contributed by atoms with Crippen LogP contribution in [0.1, 0.15) is 12.8 Å². The molecule has 1 atom stereocenters. The maximum atomic E-state index is 12.3. The van der Waals surface area contributed by atoms with Gasteiger partial charge in [-0.05, 0) is 49.2 Å². The number of nitrogens with one attached hydrogen (secondary N) is 1. The number of alkyl halides is 2. The van der Waals surface area contributed by atoms with Crippen molar-refractivity contribution in [3.8, 4) is 11.6 Å². The molecule has 1 unspecified atom stereocenters. The third kappa shape index (κ3) is 5.25. The molecule has 2 aliphatic heterocycles. The SMILES string of the molecule is COc1ccc2nccc(N3CCC(NCC4CN(c5ccc(OC(F)F)cc5)C(=O)O4)CC3)c2n1. The molecule has 5 rings (SSSR count). The van der Waals surface area contributed by atoms with Crippen LogP contribution in [0.3, 0.4) is 0 Å². The van der Waals surface area contributed by atoms with E-state index in [9.17, 15) is 13.6 Å². The van der Waals surface area contributed by atoms with Gasteiger partial charge in [0, 0.05) is 43.6 Å². The fourth-order valence-electron chi connectivity index (χ4n) is 4.63. The standard InChI is InChI=1S/C25H27F2N5O4/c1-34-22-7-6-20-23(30-22)21(8-11-28-20)31-12-9-16(10-13-31)29-14-19-15-32(25(33)36-19)17-2-4-18(5-3-17)35-24(26)27/h2-8,11,16,19,24,29H,9-10,12-15H2,1H3. The maximum absolute atomic E-state index is 12.3. The predicted octanol–water partition coefficient (Wildman–Crippen LogP) is 3.82. The van der Waals surface area contributed by atoms with Gasteiger partial charge in [0.25, 0.3) is 0 Å². The van der Waals surface area contributed by atoms with E-state index in [0.29, 0.717) is 30.7 Å². The Morgan fingerprint density at radius 2 is 1.92 bits per heavy atom. The lowest BCUT2D eigenvalue weighted by Crippen LogP contribution is -2.45. The van der Waals surface area contributed by atoms with Crippen molar-refractivity contribution in [1.29, 1.82) is 0 Å². The van der Waals surface area contributed by atoms with Crippen molar-refractivity contribution >= 4 is 28.5 Å². The normalized spacial score (nSPS) is 18.7. The monoisotopic (exact) mass is 499 g/mol. The number of aromatic nitrogens is 2. The molecule has 1 aromatic carbocycles. The number of cyclic esters (lactones) is 1. The van der Waals surface area contributed by atoms with E-state index in [1.165, 1.54) is 17.0 Å². The molecular weight excluding hydrogens is 472 g/mol. The summed E-state index contributed by atoms with van der Waals surface area (Å²) >= 11 is 0. The third-order valence-electron chi connectivity index (χ3n) is 6.46. The highest BCUT2D eigenvalue weighted by molar-refractivity contribution is 5.90. The smallest absolute Gasteiger partial charge is 0.414 e. The largest absolute Gasteiger partial charge is 0.481 e. The summed E-state index contributed by atoms with van der Waals surface area (Å²) in [5.41, 5.74) is 3.28. The van der Waals surface area contributed by atoms with E-state index in [0.717, 1.165) is 42.7 Å². The number of pyridine rings is 2. The number of methoxy groups -OCH3 is 1. The first-order chi connectivity index (χ1) is 17.5. The fraction of sp³-hybridized carbons (Fsp3) is 0.400. The van der Waals surface area contributed by atoms with E-state index in [-0.39, 0.29) is 11.9 Å². The number of hydrogen-bond acceptors (Lipinski definition) is 8. The van der Waals surface area contributed by atoms with Gasteiger partial charge in [0.1, 0.15) is 17.4 Å². The number of benzene rings is 1. The summed E-state index contributed by atoms with van der Waals surface area (Å²) in [5.74, 6) is 0.603. The van der Waals surface area contributed by atoms with Crippen LogP contribution in [0.25, 0.3) is 11.0 Å². The third-order valence-corrected chi connectivity index (χ3v) is 6.46. The van der Waals surface area contributed by atoms with Gasteiger partial charge in [-0.3, -0.25) is 9.88 Å². The molecule has 1 amide bonds. The summed E-state index contributed by atoms with van der Waals surface area (Å²) in [6, 6.07) is 12.0. The van der Waals surface area contributed by atoms with Crippen LogP contribution in [0.15, 0.2) is 48.7 Å². The van der Waals surface area contributed by atoms with E-state index < -0.39 is 12.7 Å². The highest BCUT2D eigenvalue weighted by Gasteiger charge is 2.33. The molecule has 36 heavy (non-hydrogen) atoms. The van der Waals surface area contributed by atoms with Gasteiger partial charge in [0.2, 0.25) is 5.88 Å². The minimum atomic E-state index is -2.89. The Morgan fingerprint density at radius 3 is 2.64 bits per heavy atom. The summed E-state index contributed by atoms with van der Waals surface area (Å²) in [6.07, 6.45) is 2.92. The van der Waals surface area contributed by atoms with E-state index in [4.69, 9.17) is 9.47 Å². The van der Waals surface area contributed by atoms with Crippen LogP contribution in [0, 0.1) is 0 Å². The molecule has 2 fully saturated rings. The molecule has 2 saturated heterocycles. The van der Waals surface area contributed by atoms with Crippen LogP contribution < -0.4 is 24.6 Å². The number of amides is 1. The summed E-state index contributed by atoms with van der Waals surface area (Å²) < 4.78 is 39.8. The molecule has 0 saturated carbocycles. The summed E-state index contributed by atoms with van der Waals surface area (Å²) in [6.45, 7) is -0.246. The van der Waals surface area contributed by atoms with Gasteiger partial charge in [-0.15, -0.1) is 0 Å². The number of hydrogen-bond donors (Lipinski definition) is 1. The molecule has 0 spiro atoms. The van der Waals surface area contributed by atoms with Crippen molar-refractivity contribution in [3.63, 3.8) is 0 Å². The van der Waals surface area contributed by atoms with Crippen LogP contribution in [-0.4, -0.2) is 68.1 Å². The molecule has 9 nitrogen and oxygen atoms in total. The molecule has 4 heterocycles.